The van der Waals surface area contributed by atoms with E-state index in [0.717, 1.165) is 11.3 Å². The van der Waals surface area contributed by atoms with E-state index in [0.29, 0.717) is 24.7 Å². The summed E-state index contributed by atoms with van der Waals surface area (Å²) in [5.74, 6) is 0.176. The Labute approximate surface area is 97.2 Å². The molecule has 2 rings (SSSR count). The van der Waals surface area contributed by atoms with Gasteiger partial charge in [0.1, 0.15) is 5.75 Å². The van der Waals surface area contributed by atoms with Crippen LogP contribution in [-0.4, -0.2) is 12.1 Å². The highest BCUT2D eigenvalue weighted by Gasteiger charge is 2.14. The number of fused-ring (bicyclic) bond motifs is 1. The van der Waals surface area contributed by atoms with E-state index in [-0.39, 0.29) is 5.82 Å². The SMILES string of the molecule is COc1cc2nc(N)sc2c(F)c1I. The van der Waals surface area contributed by atoms with Crippen LogP contribution in [0.25, 0.3) is 10.2 Å². The molecule has 0 aliphatic heterocycles. The van der Waals surface area contributed by atoms with Crippen LogP contribution in [0.15, 0.2) is 6.07 Å². The Morgan fingerprint density at radius 2 is 2.36 bits per heavy atom. The van der Waals surface area contributed by atoms with E-state index < -0.39 is 0 Å². The van der Waals surface area contributed by atoms with Crippen LogP contribution in [0.1, 0.15) is 0 Å². The summed E-state index contributed by atoms with van der Waals surface area (Å²) in [6.07, 6.45) is 0. The van der Waals surface area contributed by atoms with Gasteiger partial charge in [-0.15, -0.1) is 0 Å². The molecule has 2 N–H and O–H groups in total. The number of rotatable bonds is 1. The number of nitrogens with zero attached hydrogens (tertiary/aromatic N) is 1. The van der Waals surface area contributed by atoms with Crippen LogP contribution in [0.2, 0.25) is 0 Å². The lowest BCUT2D eigenvalue weighted by atomic mass is 10.3. The summed E-state index contributed by atoms with van der Waals surface area (Å²) in [5.41, 5.74) is 6.04. The Morgan fingerprint density at radius 3 is 3.00 bits per heavy atom. The standard InChI is InChI=1S/C8H6FIN2OS/c1-13-4-2-3-7(5(9)6(4)10)14-8(11)12-3/h2H,1H3,(H2,11,12). The number of anilines is 1. The maximum atomic E-state index is 13.7. The first-order valence-corrected chi connectivity index (χ1v) is 5.61. The van der Waals surface area contributed by atoms with Crippen LogP contribution in [0.3, 0.4) is 0 Å². The van der Waals surface area contributed by atoms with Crippen LogP contribution < -0.4 is 10.5 Å². The van der Waals surface area contributed by atoms with E-state index in [9.17, 15) is 4.39 Å². The largest absolute Gasteiger partial charge is 0.495 e. The first-order valence-electron chi connectivity index (χ1n) is 3.71. The first-order chi connectivity index (χ1) is 6.63. The van der Waals surface area contributed by atoms with Gasteiger partial charge >= 0.3 is 0 Å². The van der Waals surface area contributed by atoms with E-state index in [4.69, 9.17) is 10.5 Å². The maximum Gasteiger partial charge on any atom is 0.181 e. The van der Waals surface area contributed by atoms with Crippen molar-refractivity contribution in [3.8, 4) is 5.75 Å². The Morgan fingerprint density at radius 1 is 1.64 bits per heavy atom. The maximum absolute atomic E-state index is 13.7. The van der Waals surface area contributed by atoms with E-state index in [1.165, 1.54) is 7.11 Å². The third-order valence-electron chi connectivity index (χ3n) is 1.77. The van der Waals surface area contributed by atoms with Gasteiger partial charge in [-0.3, -0.25) is 0 Å². The Kier molecular flexibility index (Phi) is 2.48. The van der Waals surface area contributed by atoms with Gasteiger partial charge in [0.15, 0.2) is 10.9 Å². The third kappa shape index (κ3) is 1.42. The van der Waals surface area contributed by atoms with E-state index in [1.54, 1.807) is 6.07 Å². The molecule has 1 heterocycles. The van der Waals surface area contributed by atoms with Crippen molar-refractivity contribution in [1.29, 1.82) is 0 Å². The highest BCUT2D eigenvalue weighted by Crippen LogP contribution is 2.34. The molecule has 0 unspecified atom stereocenters. The topological polar surface area (TPSA) is 48.1 Å². The van der Waals surface area contributed by atoms with Crippen molar-refractivity contribution in [2.45, 2.75) is 0 Å². The summed E-state index contributed by atoms with van der Waals surface area (Å²) < 4.78 is 19.6. The minimum atomic E-state index is -0.311. The molecule has 6 heteroatoms. The number of hydrogen-bond acceptors (Lipinski definition) is 4. The minimum absolute atomic E-state index is 0.311. The van der Waals surface area contributed by atoms with Crippen molar-refractivity contribution in [1.82, 2.24) is 4.98 Å². The van der Waals surface area contributed by atoms with E-state index in [2.05, 4.69) is 4.98 Å². The molecule has 1 aromatic carbocycles. The molecule has 0 aliphatic carbocycles. The van der Waals surface area contributed by atoms with E-state index in [1.807, 2.05) is 22.6 Å². The predicted molar refractivity (Wildman–Crippen MR) is 63.3 cm³/mol. The third-order valence-corrected chi connectivity index (χ3v) is 3.66. The molecule has 0 fully saturated rings. The number of ether oxygens (including phenoxy) is 1. The average Bonchev–Trinajstić information content (AvgIpc) is 2.52. The second kappa shape index (κ2) is 3.50. The number of aromatic nitrogens is 1. The summed E-state index contributed by atoms with van der Waals surface area (Å²) in [5, 5.41) is 0.364. The molecule has 2 aromatic rings. The zero-order valence-corrected chi connectivity index (χ0v) is 10.1. The minimum Gasteiger partial charge on any atom is -0.495 e. The van der Waals surface area contributed by atoms with Crippen molar-refractivity contribution in [2.24, 2.45) is 0 Å². The number of nitrogens with two attached hydrogens (primary N) is 1. The summed E-state index contributed by atoms with van der Waals surface area (Å²) in [6, 6.07) is 1.69. The van der Waals surface area contributed by atoms with Crippen molar-refractivity contribution < 1.29 is 9.13 Å². The molecule has 3 nitrogen and oxygen atoms in total. The fourth-order valence-corrected chi connectivity index (χ4v) is 2.73. The number of benzene rings is 1. The quantitative estimate of drug-likeness (QED) is 0.821. The fourth-order valence-electron chi connectivity index (χ4n) is 1.15. The van der Waals surface area contributed by atoms with Gasteiger partial charge in [-0.1, -0.05) is 11.3 Å². The molecule has 74 valence electrons. The van der Waals surface area contributed by atoms with Gasteiger partial charge in [0.05, 0.1) is 20.9 Å². The van der Waals surface area contributed by atoms with Gasteiger partial charge in [-0.25, -0.2) is 9.37 Å². The molecule has 0 radical (unpaired) electrons. The first kappa shape index (κ1) is 9.91. The molecule has 14 heavy (non-hydrogen) atoms. The molecular formula is C8H6FIN2OS. The van der Waals surface area contributed by atoms with Gasteiger partial charge in [-0.2, -0.15) is 0 Å². The second-order valence-corrected chi connectivity index (χ2v) is 4.72. The van der Waals surface area contributed by atoms with Crippen LogP contribution in [-0.2, 0) is 0 Å². The molecule has 0 amide bonds. The molecule has 0 atom stereocenters. The zero-order valence-electron chi connectivity index (χ0n) is 7.17. The van der Waals surface area contributed by atoms with Gasteiger partial charge in [0.25, 0.3) is 0 Å². The fraction of sp³-hybridized carbons (Fsp3) is 0.125. The normalized spacial score (nSPS) is 10.8. The number of halogens is 2. The van der Waals surface area contributed by atoms with Gasteiger partial charge < -0.3 is 10.5 Å². The Balaban J connectivity index is 2.84. The summed E-state index contributed by atoms with van der Waals surface area (Å²) in [4.78, 5) is 4.00. The molecule has 0 bridgehead atoms. The lowest BCUT2D eigenvalue weighted by molar-refractivity contribution is 0.408. The summed E-state index contributed by atoms with van der Waals surface area (Å²) >= 11 is 3.04. The molecule has 0 saturated carbocycles. The molecule has 0 saturated heterocycles. The average molecular weight is 324 g/mol. The molecule has 1 aromatic heterocycles. The van der Waals surface area contributed by atoms with Gasteiger partial charge in [-0.05, 0) is 22.6 Å². The number of methoxy groups -OCH3 is 1. The predicted octanol–water partition coefficient (Wildman–Crippen LogP) is 2.63. The summed E-state index contributed by atoms with van der Waals surface area (Å²) in [7, 11) is 1.50. The highest BCUT2D eigenvalue weighted by molar-refractivity contribution is 14.1. The van der Waals surface area contributed by atoms with Crippen molar-refractivity contribution in [3.05, 3.63) is 15.5 Å². The lowest BCUT2D eigenvalue weighted by Crippen LogP contribution is -1.90. The molecule has 0 aliphatic rings. The lowest BCUT2D eigenvalue weighted by Gasteiger charge is -2.03. The van der Waals surface area contributed by atoms with Crippen LogP contribution in [0, 0.1) is 9.39 Å². The Bertz CT molecular complexity index is 500. The number of thiazole rings is 1. The number of nitrogen functional groups attached to an aromatic ring is 1. The molecular weight excluding hydrogens is 318 g/mol. The van der Waals surface area contributed by atoms with Gasteiger partial charge in [0.2, 0.25) is 0 Å². The summed E-state index contributed by atoms with van der Waals surface area (Å²) in [6.45, 7) is 0. The Hall–Kier alpha value is -0.630. The van der Waals surface area contributed by atoms with Crippen molar-refractivity contribution in [2.75, 3.05) is 12.8 Å². The van der Waals surface area contributed by atoms with Crippen LogP contribution in [0.5, 0.6) is 5.75 Å². The van der Waals surface area contributed by atoms with E-state index >= 15 is 0 Å². The zero-order chi connectivity index (χ0) is 10.3. The van der Waals surface area contributed by atoms with Crippen LogP contribution >= 0.6 is 33.9 Å². The van der Waals surface area contributed by atoms with Crippen molar-refractivity contribution in [3.63, 3.8) is 0 Å². The monoisotopic (exact) mass is 324 g/mol. The second-order valence-electron chi connectivity index (χ2n) is 2.61. The van der Waals surface area contributed by atoms with Crippen LogP contribution in [0.4, 0.5) is 9.52 Å². The molecule has 0 spiro atoms. The smallest absolute Gasteiger partial charge is 0.181 e. The van der Waals surface area contributed by atoms with Crippen molar-refractivity contribution >= 4 is 49.3 Å². The number of hydrogen-bond donors (Lipinski definition) is 1. The highest BCUT2D eigenvalue weighted by atomic mass is 127. The van der Waals surface area contributed by atoms with Gasteiger partial charge in [0, 0.05) is 6.07 Å².